The fraction of sp³-hybridized carbons (Fsp3) is 0.381. The molecule has 0 spiro atoms. The number of carbonyl (C=O) groups is 2. The van der Waals surface area contributed by atoms with Crippen molar-refractivity contribution in [2.24, 2.45) is 11.7 Å². The van der Waals surface area contributed by atoms with Crippen LogP contribution < -0.4 is 20.5 Å². The number of benzene rings is 1. The minimum Gasteiger partial charge on any atom is -0.618 e. The van der Waals surface area contributed by atoms with E-state index in [1.807, 2.05) is 0 Å². The van der Waals surface area contributed by atoms with Crippen molar-refractivity contribution in [1.29, 1.82) is 0 Å². The molecule has 34 heavy (non-hydrogen) atoms. The van der Waals surface area contributed by atoms with E-state index in [2.05, 4.69) is 5.32 Å². The van der Waals surface area contributed by atoms with E-state index < -0.39 is 64.6 Å². The summed E-state index contributed by atoms with van der Waals surface area (Å²) in [6.45, 7) is 1.92. The number of alkyl halides is 3. The fourth-order valence-corrected chi connectivity index (χ4v) is 4.00. The zero-order valence-electron chi connectivity index (χ0n) is 18.1. The van der Waals surface area contributed by atoms with Gasteiger partial charge >= 0.3 is 12.1 Å². The molecule has 2 heterocycles. The highest BCUT2D eigenvalue weighted by Crippen LogP contribution is 2.55. The molecule has 1 aliphatic rings. The van der Waals surface area contributed by atoms with Crippen LogP contribution in [0.25, 0.3) is 0 Å². The lowest BCUT2D eigenvalue weighted by molar-refractivity contribution is -0.607. The Kier molecular flexibility index (Phi) is 6.44. The average molecular weight is 489 g/mol. The third-order valence-electron chi connectivity index (χ3n) is 6.01. The molecule has 1 fully saturated rings. The maximum atomic E-state index is 14.4. The van der Waals surface area contributed by atoms with Crippen LogP contribution in [-0.2, 0) is 9.53 Å². The van der Waals surface area contributed by atoms with Gasteiger partial charge in [0.2, 0.25) is 5.82 Å². The third-order valence-corrected chi connectivity index (χ3v) is 6.01. The van der Waals surface area contributed by atoms with Crippen molar-refractivity contribution in [1.82, 2.24) is 0 Å². The van der Waals surface area contributed by atoms with E-state index in [0.29, 0.717) is 6.07 Å². The molecule has 8 nitrogen and oxygen atoms in total. The highest BCUT2D eigenvalue weighted by Gasteiger charge is 2.65. The lowest BCUT2D eigenvalue weighted by atomic mass is 9.77. The average Bonchev–Trinajstić information content (AvgIpc) is 3.03. The van der Waals surface area contributed by atoms with E-state index in [1.54, 1.807) is 0 Å². The standard InChI is InChI=1S/C21H20F5N3O5/c1-9-14(11-4-5-12(22)15(23)16(11)33-3)17(34-20(9,2)21(24,25)26)19(31)28-10-6-7-29(32)13(8-10)18(27)30/h4-9,14,17H,1-3H3,(H2,27,30)(H,28,31)/t9-,14+,17-,20+/m1/s1. The first-order valence-corrected chi connectivity index (χ1v) is 9.83. The summed E-state index contributed by atoms with van der Waals surface area (Å²) < 4.78 is 80.2. The number of anilines is 1. The zero-order chi connectivity index (χ0) is 25.6. The SMILES string of the molecule is COc1c([C@@H]2[C@@H](C)[C@@](C)(C(F)(F)F)O[C@H]2C(=O)Nc2cc[n+]([O-])c(C(N)=O)c2)ccc(F)c1F. The van der Waals surface area contributed by atoms with Gasteiger partial charge in [-0.1, -0.05) is 13.0 Å². The predicted molar refractivity (Wildman–Crippen MR) is 107 cm³/mol. The van der Waals surface area contributed by atoms with Crippen molar-refractivity contribution in [2.75, 3.05) is 12.4 Å². The molecule has 0 radical (unpaired) electrons. The summed E-state index contributed by atoms with van der Waals surface area (Å²) in [6.07, 6.45) is -5.90. The molecule has 0 bridgehead atoms. The summed E-state index contributed by atoms with van der Waals surface area (Å²) in [7, 11) is 1.01. The van der Waals surface area contributed by atoms with Gasteiger partial charge in [-0.2, -0.15) is 22.3 Å². The van der Waals surface area contributed by atoms with Crippen LogP contribution in [0, 0.1) is 22.8 Å². The monoisotopic (exact) mass is 489 g/mol. The molecular weight excluding hydrogens is 469 g/mol. The number of halogens is 5. The molecule has 13 heteroatoms. The topological polar surface area (TPSA) is 118 Å². The number of hydrogen-bond donors (Lipinski definition) is 2. The van der Waals surface area contributed by atoms with Gasteiger partial charge in [-0.05, 0) is 13.0 Å². The molecule has 1 saturated heterocycles. The number of methoxy groups -OCH3 is 1. The van der Waals surface area contributed by atoms with Crippen molar-refractivity contribution >= 4 is 17.5 Å². The van der Waals surface area contributed by atoms with E-state index in [1.165, 1.54) is 6.92 Å². The normalized spacial score (nSPS) is 24.6. The van der Waals surface area contributed by atoms with E-state index in [0.717, 1.165) is 38.4 Å². The van der Waals surface area contributed by atoms with Gasteiger partial charge in [0.25, 0.3) is 11.6 Å². The second-order valence-corrected chi connectivity index (χ2v) is 7.92. The zero-order valence-corrected chi connectivity index (χ0v) is 18.1. The highest BCUT2D eigenvalue weighted by molar-refractivity contribution is 5.97. The van der Waals surface area contributed by atoms with Crippen LogP contribution >= 0.6 is 0 Å². The van der Waals surface area contributed by atoms with Crippen LogP contribution in [-0.4, -0.2) is 36.8 Å². The Bertz CT molecular complexity index is 1140. The first-order chi connectivity index (χ1) is 15.7. The van der Waals surface area contributed by atoms with Crippen LogP contribution in [0.2, 0.25) is 0 Å². The number of amides is 2. The van der Waals surface area contributed by atoms with E-state index in [-0.39, 0.29) is 16.0 Å². The van der Waals surface area contributed by atoms with Crippen molar-refractivity contribution in [3.05, 3.63) is 58.6 Å². The van der Waals surface area contributed by atoms with E-state index in [4.69, 9.17) is 15.2 Å². The molecule has 1 aromatic heterocycles. The summed E-state index contributed by atoms with van der Waals surface area (Å²) in [5.74, 6) is -8.43. The fourth-order valence-electron chi connectivity index (χ4n) is 4.00. The molecule has 0 saturated carbocycles. The van der Waals surface area contributed by atoms with Gasteiger partial charge in [0.05, 0.1) is 12.8 Å². The minimum atomic E-state index is -4.93. The van der Waals surface area contributed by atoms with Gasteiger partial charge in [0.1, 0.15) is 6.10 Å². The van der Waals surface area contributed by atoms with Crippen LogP contribution in [0.3, 0.4) is 0 Å². The van der Waals surface area contributed by atoms with Gasteiger partial charge in [0.15, 0.2) is 23.4 Å². The Morgan fingerprint density at radius 1 is 1.26 bits per heavy atom. The smallest absolute Gasteiger partial charge is 0.417 e. The Balaban J connectivity index is 2.08. The molecule has 1 aliphatic heterocycles. The predicted octanol–water partition coefficient (Wildman–Crippen LogP) is 2.78. The Hall–Kier alpha value is -3.48. The van der Waals surface area contributed by atoms with Crippen molar-refractivity contribution in [3.8, 4) is 5.75 Å². The highest BCUT2D eigenvalue weighted by atomic mass is 19.4. The molecule has 1 aromatic carbocycles. The molecule has 3 rings (SSSR count). The minimum absolute atomic E-state index is 0.126. The van der Waals surface area contributed by atoms with Gasteiger partial charge in [-0.15, -0.1) is 0 Å². The maximum Gasteiger partial charge on any atom is 0.417 e. The lowest BCUT2D eigenvalue weighted by Gasteiger charge is -2.32. The van der Waals surface area contributed by atoms with E-state index in [9.17, 15) is 36.7 Å². The quantitative estimate of drug-likeness (QED) is 0.381. The lowest BCUT2D eigenvalue weighted by Crippen LogP contribution is -2.47. The van der Waals surface area contributed by atoms with Gasteiger partial charge in [0, 0.05) is 29.5 Å². The first-order valence-electron chi connectivity index (χ1n) is 9.83. The summed E-state index contributed by atoms with van der Waals surface area (Å²) in [5.41, 5.74) is 1.40. The summed E-state index contributed by atoms with van der Waals surface area (Å²) in [4.78, 5) is 24.4. The molecule has 0 unspecified atom stereocenters. The van der Waals surface area contributed by atoms with Crippen LogP contribution in [0.5, 0.6) is 5.75 Å². The maximum absolute atomic E-state index is 14.4. The molecule has 2 amide bonds. The Morgan fingerprint density at radius 3 is 2.47 bits per heavy atom. The molecule has 2 aromatic rings. The number of rotatable bonds is 5. The third kappa shape index (κ3) is 4.11. The number of carbonyl (C=O) groups excluding carboxylic acids is 2. The summed E-state index contributed by atoms with van der Waals surface area (Å²) in [5, 5.41) is 13.9. The number of nitrogens with zero attached hydrogens (tertiary/aromatic N) is 1. The van der Waals surface area contributed by atoms with Crippen molar-refractivity contribution in [3.63, 3.8) is 0 Å². The van der Waals surface area contributed by atoms with Crippen molar-refractivity contribution in [2.45, 2.75) is 37.6 Å². The van der Waals surface area contributed by atoms with Crippen LogP contribution in [0.4, 0.5) is 27.6 Å². The van der Waals surface area contributed by atoms with Crippen LogP contribution in [0.15, 0.2) is 30.5 Å². The number of hydrogen-bond acceptors (Lipinski definition) is 5. The Labute approximate surface area is 190 Å². The molecule has 184 valence electrons. The Morgan fingerprint density at radius 2 is 1.91 bits per heavy atom. The molecule has 3 N–H and O–H groups in total. The van der Waals surface area contributed by atoms with Crippen molar-refractivity contribution < 1.29 is 45.7 Å². The number of pyridine rings is 1. The van der Waals surface area contributed by atoms with Gasteiger partial charge in [-0.25, -0.2) is 4.39 Å². The second kappa shape index (κ2) is 8.70. The summed E-state index contributed by atoms with van der Waals surface area (Å²) >= 11 is 0. The first kappa shape index (κ1) is 25.1. The van der Waals surface area contributed by atoms with E-state index >= 15 is 0 Å². The summed E-state index contributed by atoms with van der Waals surface area (Å²) in [6, 6.07) is 3.76. The molecule has 4 atom stereocenters. The van der Waals surface area contributed by atoms with Crippen LogP contribution in [0.1, 0.15) is 35.8 Å². The molecule has 0 aliphatic carbocycles. The largest absolute Gasteiger partial charge is 0.618 e. The number of nitrogens with two attached hydrogens (primary N) is 1. The van der Waals surface area contributed by atoms with Gasteiger partial charge in [-0.3, -0.25) is 9.59 Å². The number of ether oxygens (including phenoxy) is 2. The second-order valence-electron chi connectivity index (χ2n) is 7.92. The van der Waals surface area contributed by atoms with Gasteiger partial charge < -0.3 is 25.7 Å². The number of primary amides is 1. The number of nitrogens with one attached hydrogen (secondary N) is 1. The molecular formula is C21H20F5N3O5. The number of aromatic nitrogens is 1.